The van der Waals surface area contributed by atoms with Gasteiger partial charge in [-0.25, -0.2) is 4.39 Å². The zero-order valence-electron chi connectivity index (χ0n) is 9.54. The summed E-state index contributed by atoms with van der Waals surface area (Å²) < 4.78 is 19.9. The molecule has 0 spiro atoms. The average Bonchev–Trinajstić information content (AvgIpc) is 2.28. The van der Waals surface area contributed by atoms with E-state index < -0.39 is 6.04 Å². The highest BCUT2D eigenvalue weighted by Crippen LogP contribution is 2.25. The SMILES string of the molecule is CCOC(CC)C(N)c1cc(Br)ccc1F. The van der Waals surface area contributed by atoms with Crippen LogP contribution in [0.1, 0.15) is 31.9 Å². The minimum Gasteiger partial charge on any atom is -0.377 e. The molecule has 0 radical (unpaired) electrons. The lowest BCUT2D eigenvalue weighted by molar-refractivity contribution is 0.0405. The molecule has 2 unspecified atom stereocenters. The lowest BCUT2D eigenvalue weighted by Gasteiger charge is -2.23. The highest BCUT2D eigenvalue weighted by molar-refractivity contribution is 9.10. The molecule has 16 heavy (non-hydrogen) atoms. The van der Waals surface area contributed by atoms with Crippen molar-refractivity contribution in [1.82, 2.24) is 0 Å². The molecule has 0 aliphatic rings. The van der Waals surface area contributed by atoms with Gasteiger partial charge in [0.25, 0.3) is 0 Å². The molecule has 2 nitrogen and oxygen atoms in total. The van der Waals surface area contributed by atoms with E-state index in [1.165, 1.54) is 6.07 Å². The van der Waals surface area contributed by atoms with Gasteiger partial charge in [-0.2, -0.15) is 0 Å². The smallest absolute Gasteiger partial charge is 0.128 e. The largest absolute Gasteiger partial charge is 0.377 e. The maximum absolute atomic E-state index is 13.6. The highest BCUT2D eigenvalue weighted by atomic mass is 79.9. The average molecular weight is 290 g/mol. The molecule has 0 heterocycles. The maximum atomic E-state index is 13.6. The second-order valence-electron chi connectivity index (χ2n) is 3.59. The van der Waals surface area contributed by atoms with Gasteiger partial charge in [-0.15, -0.1) is 0 Å². The van der Waals surface area contributed by atoms with Crippen molar-refractivity contribution in [3.8, 4) is 0 Å². The van der Waals surface area contributed by atoms with Gasteiger partial charge < -0.3 is 10.5 Å². The first-order valence-corrected chi connectivity index (χ1v) is 6.21. The Labute approximate surface area is 104 Å². The minimum absolute atomic E-state index is 0.145. The van der Waals surface area contributed by atoms with E-state index in [0.29, 0.717) is 12.2 Å². The molecule has 0 aliphatic heterocycles. The summed E-state index contributed by atoms with van der Waals surface area (Å²) in [6, 6.07) is 4.36. The van der Waals surface area contributed by atoms with Crippen LogP contribution in [0.3, 0.4) is 0 Å². The normalized spacial score (nSPS) is 14.8. The molecule has 1 aromatic rings. The van der Waals surface area contributed by atoms with Gasteiger partial charge in [0.2, 0.25) is 0 Å². The van der Waals surface area contributed by atoms with Crippen LogP contribution in [0.2, 0.25) is 0 Å². The van der Waals surface area contributed by atoms with Crippen LogP contribution >= 0.6 is 15.9 Å². The summed E-state index contributed by atoms with van der Waals surface area (Å²) in [6.07, 6.45) is 0.620. The van der Waals surface area contributed by atoms with Crippen molar-refractivity contribution in [2.75, 3.05) is 6.61 Å². The molecule has 0 saturated heterocycles. The summed E-state index contributed by atoms with van der Waals surface area (Å²) >= 11 is 3.31. The Morgan fingerprint density at radius 1 is 1.44 bits per heavy atom. The summed E-state index contributed by atoms with van der Waals surface area (Å²) in [5, 5.41) is 0. The Balaban J connectivity index is 2.93. The van der Waals surface area contributed by atoms with Gasteiger partial charge in [-0.1, -0.05) is 22.9 Å². The summed E-state index contributed by atoms with van der Waals surface area (Å²) in [7, 11) is 0. The van der Waals surface area contributed by atoms with E-state index in [1.807, 2.05) is 13.8 Å². The second-order valence-corrected chi connectivity index (χ2v) is 4.51. The number of hydrogen-bond donors (Lipinski definition) is 1. The molecule has 0 aromatic heterocycles. The molecule has 0 saturated carbocycles. The fourth-order valence-corrected chi connectivity index (χ4v) is 2.04. The van der Waals surface area contributed by atoms with Gasteiger partial charge in [-0.05, 0) is 31.5 Å². The van der Waals surface area contributed by atoms with E-state index in [-0.39, 0.29) is 11.9 Å². The Bertz CT molecular complexity index is 346. The molecule has 0 bridgehead atoms. The zero-order valence-corrected chi connectivity index (χ0v) is 11.1. The topological polar surface area (TPSA) is 35.2 Å². The van der Waals surface area contributed by atoms with E-state index in [9.17, 15) is 4.39 Å². The van der Waals surface area contributed by atoms with Gasteiger partial charge in [0.1, 0.15) is 5.82 Å². The molecule has 1 rings (SSSR count). The van der Waals surface area contributed by atoms with Crippen molar-refractivity contribution < 1.29 is 9.13 Å². The first kappa shape index (κ1) is 13.6. The predicted molar refractivity (Wildman–Crippen MR) is 66.7 cm³/mol. The van der Waals surface area contributed by atoms with Crippen LogP contribution < -0.4 is 5.73 Å². The summed E-state index contributed by atoms with van der Waals surface area (Å²) in [5.41, 5.74) is 6.51. The quantitative estimate of drug-likeness (QED) is 0.902. The lowest BCUT2D eigenvalue weighted by Crippen LogP contribution is -2.29. The standard InChI is InChI=1S/C12H17BrFNO/c1-3-11(16-4-2)12(15)9-7-8(13)5-6-10(9)14/h5-7,11-12H,3-4,15H2,1-2H3. The van der Waals surface area contributed by atoms with Gasteiger partial charge in [0, 0.05) is 16.6 Å². The predicted octanol–water partition coefficient (Wildman–Crippen LogP) is 3.40. The number of benzene rings is 1. The molecule has 2 atom stereocenters. The number of halogens is 2. The van der Waals surface area contributed by atoms with Gasteiger partial charge in [0.15, 0.2) is 0 Å². The molecule has 0 aliphatic carbocycles. The minimum atomic E-state index is -0.428. The van der Waals surface area contributed by atoms with E-state index in [1.54, 1.807) is 12.1 Å². The van der Waals surface area contributed by atoms with E-state index in [4.69, 9.17) is 10.5 Å². The van der Waals surface area contributed by atoms with Crippen LogP contribution in [0, 0.1) is 5.82 Å². The summed E-state index contributed by atoms with van der Waals surface area (Å²) in [4.78, 5) is 0. The van der Waals surface area contributed by atoms with E-state index >= 15 is 0 Å². The van der Waals surface area contributed by atoms with E-state index in [2.05, 4.69) is 15.9 Å². The van der Waals surface area contributed by atoms with Crippen molar-refractivity contribution in [2.24, 2.45) is 5.73 Å². The van der Waals surface area contributed by atoms with Crippen LogP contribution in [-0.4, -0.2) is 12.7 Å². The highest BCUT2D eigenvalue weighted by Gasteiger charge is 2.21. The van der Waals surface area contributed by atoms with Gasteiger partial charge in [-0.3, -0.25) is 0 Å². The van der Waals surface area contributed by atoms with Crippen LogP contribution in [0.25, 0.3) is 0 Å². The fraction of sp³-hybridized carbons (Fsp3) is 0.500. The Hall–Kier alpha value is -0.450. The van der Waals surface area contributed by atoms with Crippen LogP contribution in [0.4, 0.5) is 4.39 Å². The summed E-state index contributed by atoms with van der Waals surface area (Å²) in [6.45, 7) is 4.48. The maximum Gasteiger partial charge on any atom is 0.128 e. The number of nitrogens with two attached hydrogens (primary N) is 1. The van der Waals surface area contributed by atoms with Crippen molar-refractivity contribution in [3.05, 3.63) is 34.1 Å². The molecule has 0 amide bonds. The van der Waals surface area contributed by atoms with Gasteiger partial charge in [0.05, 0.1) is 12.1 Å². The first-order valence-electron chi connectivity index (χ1n) is 5.42. The van der Waals surface area contributed by atoms with Crippen molar-refractivity contribution in [1.29, 1.82) is 0 Å². The third-order valence-electron chi connectivity index (χ3n) is 2.50. The lowest BCUT2D eigenvalue weighted by atomic mass is 10.00. The van der Waals surface area contributed by atoms with Crippen molar-refractivity contribution >= 4 is 15.9 Å². The fourth-order valence-electron chi connectivity index (χ4n) is 1.66. The molecule has 90 valence electrons. The molecule has 1 aromatic carbocycles. The zero-order chi connectivity index (χ0) is 12.1. The molecular formula is C12H17BrFNO. The van der Waals surface area contributed by atoms with Crippen LogP contribution in [-0.2, 0) is 4.74 Å². The van der Waals surface area contributed by atoms with Crippen LogP contribution in [0.5, 0.6) is 0 Å². The van der Waals surface area contributed by atoms with Crippen molar-refractivity contribution in [2.45, 2.75) is 32.4 Å². The number of ether oxygens (including phenoxy) is 1. The molecule has 4 heteroatoms. The Morgan fingerprint density at radius 3 is 2.69 bits per heavy atom. The van der Waals surface area contributed by atoms with Crippen LogP contribution in [0.15, 0.2) is 22.7 Å². The van der Waals surface area contributed by atoms with Gasteiger partial charge >= 0.3 is 0 Å². The van der Waals surface area contributed by atoms with Crippen molar-refractivity contribution in [3.63, 3.8) is 0 Å². The van der Waals surface area contributed by atoms with E-state index in [0.717, 1.165) is 10.9 Å². The first-order chi connectivity index (χ1) is 7.60. The second kappa shape index (κ2) is 6.33. The third-order valence-corrected chi connectivity index (χ3v) is 2.99. The third kappa shape index (κ3) is 3.27. The number of rotatable bonds is 5. The molecular weight excluding hydrogens is 273 g/mol. The summed E-state index contributed by atoms with van der Waals surface area (Å²) in [5.74, 6) is -0.283. The molecule has 2 N–H and O–H groups in total. The molecule has 0 fully saturated rings. The number of hydrogen-bond acceptors (Lipinski definition) is 2. The monoisotopic (exact) mass is 289 g/mol. The Morgan fingerprint density at radius 2 is 2.12 bits per heavy atom. The Kier molecular flexibility index (Phi) is 5.38.